The number of hydrogen-bond acceptors (Lipinski definition) is 2. The molecule has 0 spiro atoms. The predicted octanol–water partition coefficient (Wildman–Crippen LogP) is 2.05. The molecule has 1 atom stereocenters. The van der Waals surface area contributed by atoms with Crippen LogP contribution in [0.15, 0.2) is 18.2 Å². The van der Waals surface area contributed by atoms with Crippen LogP contribution in [0.4, 0.5) is 4.39 Å². The maximum absolute atomic E-state index is 13.5. The van der Waals surface area contributed by atoms with E-state index < -0.39 is 0 Å². The molecule has 1 aromatic carbocycles. The summed E-state index contributed by atoms with van der Waals surface area (Å²) in [6.45, 7) is 1.96. The molecule has 1 aliphatic rings. The number of nitrogens with two attached hydrogens (primary N) is 1. The molecule has 1 unspecified atom stereocenters. The van der Waals surface area contributed by atoms with Crippen LogP contribution in [0.5, 0.6) is 0 Å². The Labute approximate surface area is 83.3 Å². The molecule has 14 heavy (non-hydrogen) atoms. The zero-order valence-electron chi connectivity index (χ0n) is 8.26. The molecule has 1 aromatic rings. The van der Waals surface area contributed by atoms with Crippen LogP contribution in [-0.2, 0) is 0 Å². The number of aryl methyl sites for hydroxylation is 1. The van der Waals surface area contributed by atoms with E-state index in [0.29, 0.717) is 11.5 Å². The molecule has 0 aliphatic heterocycles. The first-order valence-electron chi connectivity index (χ1n) is 4.94. The quantitative estimate of drug-likeness (QED) is 0.571. The van der Waals surface area contributed by atoms with E-state index in [-0.39, 0.29) is 11.9 Å². The Kier molecular flexibility index (Phi) is 2.52. The Hall–Kier alpha value is -0.930. The first-order valence-corrected chi connectivity index (χ1v) is 4.94. The number of hydrogen-bond donors (Lipinski definition) is 2. The van der Waals surface area contributed by atoms with Gasteiger partial charge in [0.05, 0.1) is 6.04 Å². The van der Waals surface area contributed by atoms with Crippen molar-refractivity contribution in [2.24, 2.45) is 11.8 Å². The van der Waals surface area contributed by atoms with Gasteiger partial charge >= 0.3 is 0 Å². The zero-order chi connectivity index (χ0) is 10.1. The first kappa shape index (κ1) is 9.62. The Bertz CT molecular complexity index is 334. The highest BCUT2D eigenvalue weighted by Gasteiger charge is 2.33. The van der Waals surface area contributed by atoms with Crippen molar-refractivity contribution in [2.75, 3.05) is 0 Å². The highest BCUT2D eigenvalue weighted by Crippen LogP contribution is 2.41. The third-order valence-electron chi connectivity index (χ3n) is 2.76. The maximum atomic E-state index is 13.5. The number of hydrazine groups is 1. The second kappa shape index (κ2) is 3.67. The van der Waals surface area contributed by atoms with Gasteiger partial charge in [0, 0.05) is 5.56 Å². The van der Waals surface area contributed by atoms with Crippen molar-refractivity contribution < 1.29 is 4.39 Å². The van der Waals surface area contributed by atoms with Gasteiger partial charge in [-0.1, -0.05) is 17.7 Å². The predicted molar refractivity (Wildman–Crippen MR) is 53.9 cm³/mol. The molecule has 2 nitrogen and oxygen atoms in total. The Balaban J connectivity index is 2.32. The molecule has 1 aliphatic carbocycles. The third-order valence-corrected chi connectivity index (χ3v) is 2.76. The standard InChI is InChI=1S/C11H15FN2/c1-7-2-5-10(12)9(6-7)11(14-13)8-3-4-8/h2,5-6,8,11,14H,3-4,13H2,1H3. The molecular formula is C11H15FN2. The van der Waals surface area contributed by atoms with Crippen LogP contribution in [0.25, 0.3) is 0 Å². The summed E-state index contributed by atoms with van der Waals surface area (Å²) in [5.74, 6) is 5.80. The van der Waals surface area contributed by atoms with Gasteiger partial charge in [-0.25, -0.2) is 4.39 Å². The summed E-state index contributed by atoms with van der Waals surface area (Å²) >= 11 is 0. The van der Waals surface area contributed by atoms with Gasteiger partial charge in [0.2, 0.25) is 0 Å². The SMILES string of the molecule is Cc1ccc(F)c(C(NN)C2CC2)c1. The van der Waals surface area contributed by atoms with E-state index in [2.05, 4.69) is 5.43 Å². The fourth-order valence-corrected chi connectivity index (χ4v) is 1.81. The first-order chi connectivity index (χ1) is 6.72. The molecule has 0 amide bonds. The average Bonchev–Trinajstić information content (AvgIpc) is 2.96. The van der Waals surface area contributed by atoms with Gasteiger partial charge in [0.1, 0.15) is 5.82 Å². The van der Waals surface area contributed by atoms with Crippen LogP contribution in [-0.4, -0.2) is 0 Å². The van der Waals surface area contributed by atoms with E-state index in [4.69, 9.17) is 5.84 Å². The zero-order valence-corrected chi connectivity index (χ0v) is 8.26. The minimum Gasteiger partial charge on any atom is -0.271 e. The number of halogens is 1. The molecule has 0 radical (unpaired) electrons. The van der Waals surface area contributed by atoms with Crippen molar-refractivity contribution in [1.82, 2.24) is 5.43 Å². The lowest BCUT2D eigenvalue weighted by Gasteiger charge is -2.16. The van der Waals surface area contributed by atoms with Gasteiger partial charge in [-0.15, -0.1) is 0 Å². The van der Waals surface area contributed by atoms with E-state index in [0.717, 1.165) is 18.4 Å². The van der Waals surface area contributed by atoms with Gasteiger partial charge in [-0.3, -0.25) is 11.3 Å². The number of rotatable bonds is 3. The van der Waals surface area contributed by atoms with Crippen molar-refractivity contribution in [3.8, 4) is 0 Å². The molecule has 3 heteroatoms. The Morgan fingerprint density at radius 1 is 1.50 bits per heavy atom. The second-order valence-electron chi connectivity index (χ2n) is 4.01. The van der Waals surface area contributed by atoms with Crippen molar-refractivity contribution in [3.63, 3.8) is 0 Å². The lowest BCUT2D eigenvalue weighted by molar-refractivity contribution is 0.468. The monoisotopic (exact) mass is 194 g/mol. The van der Waals surface area contributed by atoms with Gasteiger partial charge < -0.3 is 0 Å². The molecule has 0 heterocycles. The number of benzene rings is 1. The summed E-state index contributed by atoms with van der Waals surface area (Å²) in [7, 11) is 0. The molecule has 0 saturated heterocycles. The van der Waals surface area contributed by atoms with E-state index in [1.807, 2.05) is 13.0 Å². The van der Waals surface area contributed by atoms with Crippen LogP contribution >= 0.6 is 0 Å². The molecule has 1 fully saturated rings. The normalized spacial score (nSPS) is 18.2. The third kappa shape index (κ3) is 1.79. The molecule has 1 saturated carbocycles. The van der Waals surface area contributed by atoms with Crippen molar-refractivity contribution in [2.45, 2.75) is 25.8 Å². The maximum Gasteiger partial charge on any atom is 0.128 e. The van der Waals surface area contributed by atoms with Crippen LogP contribution in [0.3, 0.4) is 0 Å². The van der Waals surface area contributed by atoms with Crippen molar-refractivity contribution >= 4 is 0 Å². The topological polar surface area (TPSA) is 38.0 Å². The second-order valence-corrected chi connectivity index (χ2v) is 4.01. The highest BCUT2D eigenvalue weighted by molar-refractivity contribution is 5.28. The van der Waals surface area contributed by atoms with Crippen LogP contribution in [0.1, 0.15) is 30.0 Å². The molecule has 76 valence electrons. The summed E-state index contributed by atoms with van der Waals surface area (Å²) in [5, 5.41) is 0. The Morgan fingerprint density at radius 3 is 2.79 bits per heavy atom. The van der Waals surface area contributed by atoms with E-state index in [1.165, 1.54) is 6.07 Å². The smallest absolute Gasteiger partial charge is 0.128 e. The summed E-state index contributed by atoms with van der Waals surface area (Å²) in [6.07, 6.45) is 2.28. The molecular weight excluding hydrogens is 179 g/mol. The molecule has 0 bridgehead atoms. The van der Waals surface area contributed by atoms with Crippen LogP contribution in [0, 0.1) is 18.7 Å². The van der Waals surface area contributed by atoms with E-state index in [1.54, 1.807) is 6.07 Å². The summed E-state index contributed by atoms with van der Waals surface area (Å²) in [5.41, 5.74) is 4.48. The van der Waals surface area contributed by atoms with E-state index >= 15 is 0 Å². The molecule has 2 rings (SSSR count). The van der Waals surface area contributed by atoms with Gasteiger partial charge in [-0.2, -0.15) is 0 Å². The fourth-order valence-electron chi connectivity index (χ4n) is 1.81. The minimum absolute atomic E-state index is 0.0186. The minimum atomic E-state index is -0.162. The lowest BCUT2D eigenvalue weighted by atomic mass is 10.0. The van der Waals surface area contributed by atoms with Crippen LogP contribution in [0.2, 0.25) is 0 Å². The summed E-state index contributed by atoms with van der Waals surface area (Å²) < 4.78 is 13.5. The average molecular weight is 194 g/mol. The summed E-state index contributed by atoms with van der Waals surface area (Å²) in [4.78, 5) is 0. The Morgan fingerprint density at radius 2 is 2.21 bits per heavy atom. The molecule has 0 aromatic heterocycles. The number of nitrogens with one attached hydrogen (secondary N) is 1. The van der Waals surface area contributed by atoms with Crippen molar-refractivity contribution in [1.29, 1.82) is 0 Å². The van der Waals surface area contributed by atoms with Crippen molar-refractivity contribution in [3.05, 3.63) is 35.1 Å². The van der Waals surface area contributed by atoms with Gasteiger partial charge in [0.15, 0.2) is 0 Å². The van der Waals surface area contributed by atoms with E-state index in [9.17, 15) is 4.39 Å². The summed E-state index contributed by atoms with van der Waals surface area (Å²) in [6, 6.07) is 5.14. The van der Waals surface area contributed by atoms with Crippen LogP contribution < -0.4 is 11.3 Å². The largest absolute Gasteiger partial charge is 0.271 e. The lowest BCUT2D eigenvalue weighted by Crippen LogP contribution is -2.30. The highest BCUT2D eigenvalue weighted by atomic mass is 19.1. The van der Waals surface area contributed by atoms with Gasteiger partial charge in [-0.05, 0) is 31.7 Å². The fraction of sp³-hybridized carbons (Fsp3) is 0.455. The van der Waals surface area contributed by atoms with Gasteiger partial charge in [0.25, 0.3) is 0 Å². The molecule has 3 N–H and O–H groups in total.